The van der Waals surface area contributed by atoms with Crippen LogP contribution in [0.4, 0.5) is 18.9 Å². The predicted octanol–water partition coefficient (Wildman–Crippen LogP) is 3.55. The number of aryl methyl sites for hydroxylation is 1. The van der Waals surface area contributed by atoms with Crippen LogP contribution in [0.1, 0.15) is 52.6 Å². The molecule has 1 saturated carbocycles. The molecule has 0 radical (unpaired) electrons. The number of ketones is 1. The summed E-state index contributed by atoms with van der Waals surface area (Å²) in [5.41, 5.74) is 4.14. The topological polar surface area (TPSA) is 93.7 Å². The molecule has 5 heterocycles. The van der Waals surface area contributed by atoms with Gasteiger partial charge >= 0.3 is 6.61 Å². The number of piperazine rings is 1. The van der Waals surface area contributed by atoms with Crippen LogP contribution in [0.3, 0.4) is 0 Å². The smallest absolute Gasteiger partial charge is 0.387 e. The Labute approximate surface area is 228 Å². The molecule has 10 nitrogen and oxygen atoms in total. The maximum Gasteiger partial charge on any atom is 0.387 e. The van der Waals surface area contributed by atoms with Crippen LogP contribution >= 0.6 is 0 Å². The second kappa shape index (κ2) is 10.9. The molecule has 2 aliphatic rings. The molecule has 1 aliphatic carbocycles. The van der Waals surface area contributed by atoms with Gasteiger partial charge in [-0.05, 0) is 37.4 Å². The first-order valence-electron chi connectivity index (χ1n) is 13.3. The molecule has 0 amide bonds. The monoisotopic (exact) mass is 554 g/mol. The Morgan fingerprint density at radius 3 is 2.70 bits per heavy atom. The zero-order valence-electron chi connectivity index (χ0n) is 22.0. The van der Waals surface area contributed by atoms with Crippen molar-refractivity contribution in [1.29, 1.82) is 0 Å². The third kappa shape index (κ3) is 5.64. The van der Waals surface area contributed by atoms with E-state index >= 15 is 0 Å². The number of carbonyl (C=O) groups excluding carboxylic acids is 1. The molecule has 1 aliphatic heterocycles. The van der Waals surface area contributed by atoms with Crippen molar-refractivity contribution in [1.82, 2.24) is 34.3 Å². The number of imidazole rings is 1. The van der Waals surface area contributed by atoms with Crippen molar-refractivity contribution in [2.24, 2.45) is 0 Å². The third-order valence-electron chi connectivity index (χ3n) is 7.37. The van der Waals surface area contributed by atoms with E-state index in [2.05, 4.69) is 53.5 Å². The first-order chi connectivity index (χ1) is 19.3. The summed E-state index contributed by atoms with van der Waals surface area (Å²) < 4.78 is 47.1. The van der Waals surface area contributed by atoms with Gasteiger partial charge in [0.05, 0.1) is 29.8 Å². The highest BCUT2D eigenvalue weighted by molar-refractivity contribution is 5.93. The van der Waals surface area contributed by atoms with Crippen molar-refractivity contribution >= 4 is 17.1 Å². The number of hydrogen-bond acceptors (Lipinski definition) is 8. The number of Topliss-reactive ketones (excluding diaryl/α,β-unsaturated/α-hetero) is 1. The van der Waals surface area contributed by atoms with Gasteiger partial charge in [-0.1, -0.05) is 5.21 Å². The van der Waals surface area contributed by atoms with Gasteiger partial charge in [-0.2, -0.15) is 8.78 Å². The normalized spacial score (nSPS) is 16.3. The summed E-state index contributed by atoms with van der Waals surface area (Å²) in [4.78, 5) is 26.2. The molecule has 0 aromatic carbocycles. The second-order valence-corrected chi connectivity index (χ2v) is 10.4. The average molecular weight is 555 g/mol. The van der Waals surface area contributed by atoms with Gasteiger partial charge < -0.3 is 18.9 Å². The minimum atomic E-state index is -3.16. The van der Waals surface area contributed by atoms with Gasteiger partial charge in [0.2, 0.25) is 0 Å². The highest BCUT2D eigenvalue weighted by Gasteiger charge is 2.27. The van der Waals surface area contributed by atoms with Crippen LogP contribution in [0, 0.1) is 5.82 Å². The van der Waals surface area contributed by atoms with E-state index < -0.39 is 18.2 Å². The molecule has 210 valence electrons. The van der Waals surface area contributed by atoms with Crippen LogP contribution < -0.4 is 9.64 Å². The van der Waals surface area contributed by atoms with Crippen LogP contribution in [0.2, 0.25) is 0 Å². The predicted molar refractivity (Wildman–Crippen MR) is 139 cm³/mol. The van der Waals surface area contributed by atoms with E-state index in [-0.39, 0.29) is 30.0 Å². The van der Waals surface area contributed by atoms with Crippen LogP contribution in [0.15, 0.2) is 36.9 Å². The van der Waals surface area contributed by atoms with E-state index in [1.807, 2.05) is 6.20 Å². The highest BCUT2D eigenvalue weighted by Crippen LogP contribution is 2.42. The van der Waals surface area contributed by atoms with Gasteiger partial charge in [0.25, 0.3) is 0 Å². The SMILES string of the molecule is CN1CCN(c2cc(C3CC3)cn3cc(Cn4cc(C(=O)CCc5nccc(OC(F)F)c5F)nn4)nc23)CC1. The minimum Gasteiger partial charge on any atom is -0.432 e. The Bertz CT molecular complexity index is 1530. The molecule has 1 saturated heterocycles. The number of anilines is 1. The van der Waals surface area contributed by atoms with E-state index in [0.717, 1.165) is 55.5 Å². The Morgan fingerprint density at radius 2 is 1.95 bits per heavy atom. The van der Waals surface area contributed by atoms with Crippen LogP contribution in [-0.2, 0) is 13.0 Å². The maximum atomic E-state index is 14.4. The molecule has 4 aromatic rings. The molecule has 0 spiro atoms. The van der Waals surface area contributed by atoms with Gasteiger partial charge in [-0.25, -0.2) is 14.1 Å². The van der Waals surface area contributed by atoms with Gasteiger partial charge in [0.1, 0.15) is 5.69 Å². The standard InChI is InChI=1S/C27H29F3N8O2/c1-35-8-10-36(11-9-35)22-12-18(17-2-3-17)13-37-14-19(32-26(22)37)15-38-16-21(33-34-38)23(39)5-4-20-25(28)24(6-7-31-20)40-27(29)30/h6-7,12-14,16-17,27H,2-5,8-11,15H2,1H3. The van der Waals surface area contributed by atoms with Gasteiger partial charge in [0, 0.05) is 63.7 Å². The number of likely N-dealkylation sites (N-methyl/N-ethyl adjacent to an activating group) is 1. The minimum absolute atomic E-state index is 0.0944. The second-order valence-electron chi connectivity index (χ2n) is 10.4. The summed E-state index contributed by atoms with van der Waals surface area (Å²) in [7, 11) is 2.14. The number of hydrogen-bond donors (Lipinski definition) is 0. The Morgan fingerprint density at radius 1 is 1.15 bits per heavy atom. The fourth-order valence-electron chi connectivity index (χ4n) is 5.01. The molecule has 13 heteroatoms. The van der Waals surface area contributed by atoms with Gasteiger partial charge in [-0.15, -0.1) is 5.10 Å². The largest absolute Gasteiger partial charge is 0.432 e. The zero-order valence-corrected chi connectivity index (χ0v) is 22.0. The molecule has 4 aromatic heterocycles. The van der Waals surface area contributed by atoms with Crippen LogP contribution in [-0.4, -0.2) is 79.9 Å². The first-order valence-corrected chi connectivity index (χ1v) is 13.3. The number of rotatable bonds is 10. The van der Waals surface area contributed by atoms with Crippen molar-refractivity contribution in [3.63, 3.8) is 0 Å². The lowest BCUT2D eigenvalue weighted by atomic mass is 10.1. The summed E-state index contributed by atoms with van der Waals surface area (Å²) in [6.45, 7) is 1.06. The number of pyridine rings is 2. The van der Waals surface area contributed by atoms with Crippen molar-refractivity contribution in [3.05, 3.63) is 65.4 Å². The molecular formula is C27H29F3N8O2. The van der Waals surface area contributed by atoms with Crippen LogP contribution in [0.5, 0.6) is 5.75 Å². The Kier molecular flexibility index (Phi) is 7.13. The lowest BCUT2D eigenvalue weighted by Gasteiger charge is -2.34. The van der Waals surface area contributed by atoms with E-state index in [1.54, 1.807) is 4.68 Å². The highest BCUT2D eigenvalue weighted by atomic mass is 19.3. The Hall–Kier alpha value is -4.00. The van der Waals surface area contributed by atoms with Crippen molar-refractivity contribution in [2.75, 3.05) is 38.1 Å². The number of aromatic nitrogens is 6. The fourth-order valence-corrected chi connectivity index (χ4v) is 5.01. The van der Waals surface area contributed by atoms with E-state index in [4.69, 9.17) is 4.98 Å². The average Bonchev–Trinajstić information content (AvgIpc) is 3.54. The quantitative estimate of drug-likeness (QED) is 0.275. The van der Waals surface area contributed by atoms with Crippen molar-refractivity contribution < 1.29 is 22.7 Å². The molecule has 0 unspecified atom stereocenters. The number of carbonyl (C=O) groups is 1. The molecule has 0 atom stereocenters. The summed E-state index contributed by atoms with van der Waals surface area (Å²) >= 11 is 0. The third-order valence-corrected chi connectivity index (χ3v) is 7.37. The number of ether oxygens (including phenoxy) is 1. The molecule has 0 N–H and O–H groups in total. The Balaban J connectivity index is 1.15. The number of halogens is 3. The van der Waals surface area contributed by atoms with E-state index in [1.165, 1.54) is 24.6 Å². The summed E-state index contributed by atoms with van der Waals surface area (Å²) in [6, 6.07) is 3.30. The van der Waals surface area contributed by atoms with Crippen molar-refractivity contribution in [2.45, 2.75) is 44.8 Å². The van der Waals surface area contributed by atoms with Crippen LogP contribution in [0.25, 0.3) is 5.65 Å². The lowest BCUT2D eigenvalue weighted by molar-refractivity contribution is -0.0523. The zero-order chi connectivity index (χ0) is 27.8. The molecule has 2 fully saturated rings. The summed E-state index contributed by atoms with van der Waals surface area (Å²) in [5.74, 6) is -1.37. The van der Waals surface area contributed by atoms with Crippen molar-refractivity contribution in [3.8, 4) is 5.75 Å². The fraction of sp³-hybridized carbons (Fsp3) is 0.444. The number of fused-ring (bicyclic) bond motifs is 1. The van der Waals surface area contributed by atoms with E-state index in [9.17, 15) is 18.0 Å². The summed E-state index contributed by atoms with van der Waals surface area (Å²) in [6.07, 6.45) is 9.06. The van der Waals surface area contributed by atoms with E-state index in [0.29, 0.717) is 12.5 Å². The lowest BCUT2D eigenvalue weighted by Crippen LogP contribution is -2.44. The number of nitrogens with zero attached hydrogens (tertiary/aromatic N) is 8. The molecular weight excluding hydrogens is 525 g/mol. The molecule has 40 heavy (non-hydrogen) atoms. The van der Waals surface area contributed by atoms with Gasteiger partial charge in [0.15, 0.2) is 23.0 Å². The first kappa shape index (κ1) is 26.2. The number of alkyl halides is 2. The van der Waals surface area contributed by atoms with Gasteiger partial charge in [-0.3, -0.25) is 9.78 Å². The molecule has 0 bridgehead atoms. The summed E-state index contributed by atoms with van der Waals surface area (Å²) in [5, 5.41) is 8.07. The molecule has 6 rings (SSSR count). The maximum absolute atomic E-state index is 14.4.